The van der Waals surface area contributed by atoms with Crippen molar-refractivity contribution < 1.29 is 18.4 Å². The molecular formula is C7H15O4P. The van der Waals surface area contributed by atoms with Crippen LogP contribution in [0.3, 0.4) is 0 Å². The standard InChI is InChI=1S/C7H15O4P/c1-3-10-12(9,4-2)11-7-5-6-8/h6H,3-5,7H2,1-2H3. The Bertz CT molecular complexity index is 169. The Hall–Kier alpha value is -0.180. The summed E-state index contributed by atoms with van der Waals surface area (Å²) in [5.74, 6) is 0. The van der Waals surface area contributed by atoms with Crippen molar-refractivity contribution in [3.63, 3.8) is 0 Å². The minimum atomic E-state index is -2.89. The minimum absolute atomic E-state index is 0.175. The van der Waals surface area contributed by atoms with Gasteiger partial charge in [-0.05, 0) is 6.92 Å². The van der Waals surface area contributed by atoms with Crippen LogP contribution in [0.5, 0.6) is 0 Å². The summed E-state index contributed by atoms with van der Waals surface area (Å²) in [6, 6.07) is 0. The van der Waals surface area contributed by atoms with Gasteiger partial charge in [0.15, 0.2) is 0 Å². The molecule has 0 saturated heterocycles. The molecule has 0 bridgehead atoms. The van der Waals surface area contributed by atoms with Crippen LogP contribution in [-0.2, 0) is 18.4 Å². The zero-order chi connectivity index (χ0) is 9.45. The summed E-state index contributed by atoms with van der Waals surface area (Å²) in [6.07, 6.45) is 1.34. The van der Waals surface area contributed by atoms with Crippen LogP contribution in [-0.4, -0.2) is 25.7 Å². The zero-order valence-electron chi connectivity index (χ0n) is 7.49. The maximum atomic E-state index is 11.5. The first-order valence-electron chi connectivity index (χ1n) is 4.00. The summed E-state index contributed by atoms with van der Waals surface area (Å²) in [4.78, 5) is 9.93. The molecule has 0 amide bonds. The van der Waals surface area contributed by atoms with Crippen LogP contribution in [0.4, 0.5) is 0 Å². The zero-order valence-corrected chi connectivity index (χ0v) is 8.38. The molecule has 0 fully saturated rings. The van der Waals surface area contributed by atoms with E-state index in [9.17, 15) is 9.36 Å². The van der Waals surface area contributed by atoms with Gasteiger partial charge in [-0.3, -0.25) is 4.57 Å². The van der Waals surface area contributed by atoms with Crippen molar-refractivity contribution in [2.45, 2.75) is 20.3 Å². The molecule has 0 N–H and O–H groups in total. The third-order valence-electron chi connectivity index (χ3n) is 1.24. The molecule has 1 unspecified atom stereocenters. The molecule has 5 heteroatoms. The molecule has 0 aromatic rings. The highest BCUT2D eigenvalue weighted by Crippen LogP contribution is 2.47. The van der Waals surface area contributed by atoms with Crippen LogP contribution in [0.25, 0.3) is 0 Å². The lowest BCUT2D eigenvalue weighted by molar-refractivity contribution is -0.108. The van der Waals surface area contributed by atoms with E-state index in [0.717, 1.165) is 6.29 Å². The number of carbonyl (C=O) groups is 1. The molecular weight excluding hydrogens is 179 g/mol. The summed E-state index contributed by atoms with van der Waals surface area (Å²) in [6.45, 7) is 4.03. The van der Waals surface area contributed by atoms with Crippen LogP contribution < -0.4 is 0 Å². The number of hydrogen-bond acceptors (Lipinski definition) is 4. The molecule has 4 nitrogen and oxygen atoms in total. The highest BCUT2D eigenvalue weighted by Gasteiger charge is 2.20. The Kier molecular flexibility index (Phi) is 6.25. The van der Waals surface area contributed by atoms with Crippen LogP contribution >= 0.6 is 7.60 Å². The van der Waals surface area contributed by atoms with E-state index in [1.54, 1.807) is 13.8 Å². The van der Waals surface area contributed by atoms with Crippen molar-refractivity contribution in [1.82, 2.24) is 0 Å². The SMILES string of the molecule is CCOP(=O)(CC)OCCC=O. The van der Waals surface area contributed by atoms with Gasteiger partial charge in [0.1, 0.15) is 6.29 Å². The van der Waals surface area contributed by atoms with Gasteiger partial charge < -0.3 is 13.8 Å². The fourth-order valence-electron chi connectivity index (χ4n) is 0.656. The highest BCUT2D eigenvalue weighted by molar-refractivity contribution is 7.53. The topological polar surface area (TPSA) is 52.6 Å². The smallest absolute Gasteiger partial charge is 0.309 e. The summed E-state index contributed by atoms with van der Waals surface area (Å²) < 4.78 is 21.4. The van der Waals surface area contributed by atoms with Gasteiger partial charge in [-0.25, -0.2) is 0 Å². The van der Waals surface area contributed by atoms with E-state index >= 15 is 0 Å². The normalized spacial score (nSPS) is 15.5. The van der Waals surface area contributed by atoms with Gasteiger partial charge in [0.25, 0.3) is 0 Å². The fourth-order valence-corrected chi connectivity index (χ4v) is 1.87. The van der Waals surface area contributed by atoms with E-state index in [0.29, 0.717) is 12.8 Å². The molecule has 0 spiro atoms. The van der Waals surface area contributed by atoms with Gasteiger partial charge in [-0.15, -0.1) is 0 Å². The van der Waals surface area contributed by atoms with Crippen LogP contribution in [0.1, 0.15) is 20.3 Å². The molecule has 1 atom stereocenters. The number of hydrogen-bond donors (Lipinski definition) is 0. The van der Waals surface area contributed by atoms with Gasteiger partial charge >= 0.3 is 7.60 Å². The molecule has 0 aromatic heterocycles. The van der Waals surface area contributed by atoms with E-state index < -0.39 is 7.60 Å². The Morgan fingerprint density at radius 1 is 1.33 bits per heavy atom. The third-order valence-corrected chi connectivity index (χ3v) is 3.24. The molecule has 12 heavy (non-hydrogen) atoms. The Balaban J connectivity index is 3.79. The lowest BCUT2D eigenvalue weighted by atomic mass is 10.5. The van der Waals surface area contributed by atoms with Gasteiger partial charge in [-0.2, -0.15) is 0 Å². The van der Waals surface area contributed by atoms with Gasteiger partial charge in [0.2, 0.25) is 0 Å². The second-order valence-corrected chi connectivity index (χ2v) is 4.50. The molecule has 0 radical (unpaired) electrons. The molecule has 0 aliphatic rings. The first-order chi connectivity index (χ1) is 5.68. The van der Waals surface area contributed by atoms with Gasteiger partial charge in [0, 0.05) is 12.6 Å². The van der Waals surface area contributed by atoms with Crippen molar-refractivity contribution in [3.8, 4) is 0 Å². The Morgan fingerprint density at radius 3 is 2.42 bits per heavy atom. The summed E-state index contributed by atoms with van der Waals surface area (Å²) >= 11 is 0. The van der Waals surface area contributed by atoms with Gasteiger partial charge in [-0.1, -0.05) is 6.92 Å². The quantitative estimate of drug-likeness (QED) is 0.352. The van der Waals surface area contributed by atoms with Crippen molar-refractivity contribution in [2.24, 2.45) is 0 Å². The number of rotatable bonds is 7. The monoisotopic (exact) mass is 194 g/mol. The Morgan fingerprint density at radius 2 is 2.00 bits per heavy atom. The van der Waals surface area contributed by atoms with Crippen LogP contribution in [0, 0.1) is 0 Å². The van der Waals surface area contributed by atoms with E-state index in [2.05, 4.69) is 0 Å². The van der Waals surface area contributed by atoms with E-state index in [4.69, 9.17) is 9.05 Å². The summed E-state index contributed by atoms with van der Waals surface area (Å²) in [5, 5.41) is 0. The van der Waals surface area contributed by atoms with Crippen molar-refractivity contribution in [2.75, 3.05) is 19.4 Å². The largest absolute Gasteiger partial charge is 0.330 e. The molecule has 0 aliphatic carbocycles. The van der Waals surface area contributed by atoms with Crippen molar-refractivity contribution in [1.29, 1.82) is 0 Å². The summed E-state index contributed by atoms with van der Waals surface area (Å²) in [5.41, 5.74) is 0. The van der Waals surface area contributed by atoms with Crippen molar-refractivity contribution >= 4 is 13.9 Å². The third kappa shape index (κ3) is 4.65. The first kappa shape index (κ1) is 11.8. The molecule has 0 aliphatic heterocycles. The Labute approximate surface area is 72.8 Å². The second-order valence-electron chi connectivity index (χ2n) is 2.13. The van der Waals surface area contributed by atoms with Crippen molar-refractivity contribution in [3.05, 3.63) is 0 Å². The molecule has 0 rings (SSSR count). The van der Waals surface area contributed by atoms with E-state index in [-0.39, 0.29) is 13.0 Å². The molecule has 0 saturated carbocycles. The lowest BCUT2D eigenvalue weighted by Gasteiger charge is -2.14. The predicted molar refractivity (Wildman–Crippen MR) is 46.4 cm³/mol. The average Bonchev–Trinajstić information content (AvgIpc) is 2.06. The first-order valence-corrected chi connectivity index (χ1v) is 5.73. The molecule has 0 aromatic carbocycles. The van der Waals surface area contributed by atoms with Gasteiger partial charge in [0.05, 0.1) is 13.2 Å². The average molecular weight is 194 g/mol. The fraction of sp³-hybridized carbons (Fsp3) is 0.857. The van der Waals surface area contributed by atoms with E-state index in [1.807, 2.05) is 0 Å². The minimum Gasteiger partial charge on any atom is -0.309 e. The van der Waals surface area contributed by atoms with Crippen LogP contribution in [0.15, 0.2) is 0 Å². The number of carbonyl (C=O) groups excluding carboxylic acids is 1. The lowest BCUT2D eigenvalue weighted by Crippen LogP contribution is -1.99. The van der Waals surface area contributed by atoms with E-state index in [1.165, 1.54) is 0 Å². The molecule has 0 heterocycles. The predicted octanol–water partition coefficient (Wildman–Crippen LogP) is 1.84. The maximum Gasteiger partial charge on any atom is 0.330 e. The maximum absolute atomic E-state index is 11.5. The molecule has 72 valence electrons. The second kappa shape index (κ2) is 6.35. The van der Waals surface area contributed by atoms with Crippen LogP contribution in [0.2, 0.25) is 0 Å². The number of aldehydes is 1. The summed E-state index contributed by atoms with van der Waals surface area (Å²) in [7, 11) is -2.89. The highest BCUT2D eigenvalue weighted by atomic mass is 31.2.